The molecule has 0 bridgehead atoms. The Bertz CT molecular complexity index is 619. The van der Waals surface area contributed by atoms with Crippen LogP contribution in [0.2, 0.25) is 0 Å². The second-order valence-corrected chi connectivity index (χ2v) is 7.20. The molecular formula is C14H21N3O2S. The predicted molar refractivity (Wildman–Crippen MR) is 80.6 cm³/mol. The number of benzene rings is 1. The highest BCUT2D eigenvalue weighted by atomic mass is 32.2. The predicted octanol–water partition coefficient (Wildman–Crippen LogP) is 1.23. The molecule has 1 saturated carbocycles. The molecule has 5 nitrogen and oxygen atoms in total. The summed E-state index contributed by atoms with van der Waals surface area (Å²) in [6.07, 6.45) is 3.63. The first-order valence-electron chi connectivity index (χ1n) is 6.67. The fourth-order valence-electron chi connectivity index (χ4n) is 2.04. The van der Waals surface area contributed by atoms with Gasteiger partial charge in [0.1, 0.15) is 0 Å². The van der Waals surface area contributed by atoms with Gasteiger partial charge in [-0.25, -0.2) is 8.42 Å². The van der Waals surface area contributed by atoms with E-state index in [2.05, 4.69) is 15.6 Å². The molecule has 0 atom stereocenters. The van der Waals surface area contributed by atoms with Crippen LogP contribution < -0.4 is 10.6 Å². The third-order valence-corrected chi connectivity index (χ3v) is 4.50. The number of aliphatic imine (C=N–C) groups is 1. The summed E-state index contributed by atoms with van der Waals surface area (Å²) in [5, 5.41) is 6.54. The van der Waals surface area contributed by atoms with Crippen LogP contribution in [0, 0.1) is 6.92 Å². The van der Waals surface area contributed by atoms with E-state index in [-0.39, 0.29) is 0 Å². The van der Waals surface area contributed by atoms with Crippen LogP contribution in [0.5, 0.6) is 0 Å². The SMILES string of the molecule is CN=C(NCc1ccc(S(C)(=O)=O)c(C)c1)NC1CC1. The summed E-state index contributed by atoms with van der Waals surface area (Å²) >= 11 is 0. The fraction of sp³-hybridized carbons (Fsp3) is 0.500. The molecule has 20 heavy (non-hydrogen) atoms. The number of guanidine groups is 1. The van der Waals surface area contributed by atoms with Gasteiger partial charge in [0.15, 0.2) is 15.8 Å². The lowest BCUT2D eigenvalue weighted by atomic mass is 10.1. The maximum Gasteiger partial charge on any atom is 0.191 e. The van der Waals surface area contributed by atoms with Crippen LogP contribution >= 0.6 is 0 Å². The van der Waals surface area contributed by atoms with Crippen molar-refractivity contribution >= 4 is 15.8 Å². The summed E-state index contributed by atoms with van der Waals surface area (Å²) in [4.78, 5) is 4.55. The fourth-order valence-corrected chi connectivity index (χ4v) is 3.00. The molecule has 2 rings (SSSR count). The first-order valence-corrected chi connectivity index (χ1v) is 8.56. The van der Waals surface area contributed by atoms with E-state index in [1.54, 1.807) is 13.1 Å². The Balaban J connectivity index is 2.01. The third-order valence-electron chi connectivity index (χ3n) is 3.24. The van der Waals surface area contributed by atoms with E-state index in [9.17, 15) is 8.42 Å². The van der Waals surface area contributed by atoms with Crippen molar-refractivity contribution in [1.29, 1.82) is 0 Å². The molecule has 0 amide bonds. The normalized spacial score (nSPS) is 16.1. The van der Waals surface area contributed by atoms with Gasteiger partial charge < -0.3 is 10.6 Å². The van der Waals surface area contributed by atoms with Crippen molar-refractivity contribution in [3.05, 3.63) is 29.3 Å². The van der Waals surface area contributed by atoms with E-state index in [1.165, 1.54) is 19.1 Å². The van der Waals surface area contributed by atoms with Crippen molar-refractivity contribution in [2.75, 3.05) is 13.3 Å². The molecule has 6 heteroatoms. The number of hydrogen-bond donors (Lipinski definition) is 2. The Hall–Kier alpha value is -1.56. The van der Waals surface area contributed by atoms with Gasteiger partial charge in [-0.1, -0.05) is 12.1 Å². The van der Waals surface area contributed by atoms with Gasteiger partial charge in [0, 0.05) is 25.9 Å². The van der Waals surface area contributed by atoms with Gasteiger partial charge >= 0.3 is 0 Å². The van der Waals surface area contributed by atoms with Gasteiger partial charge in [-0.3, -0.25) is 4.99 Å². The van der Waals surface area contributed by atoms with Crippen molar-refractivity contribution in [1.82, 2.24) is 10.6 Å². The molecule has 110 valence electrons. The quantitative estimate of drug-likeness (QED) is 0.647. The molecule has 0 aromatic heterocycles. The maximum absolute atomic E-state index is 11.6. The van der Waals surface area contributed by atoms with E-state index in [4.69, 9.17) is 0 Å². The van der Waals surface area contributed by atoms with Crippen molar-refractivity contribution in [2.45, 2.75) is 37.2 Å². The summed E-state index contributed by atoms with van der Waals surface area (Å²) < 4.78 is 23.1. The first kappa shape index (κ1) is 14.8. The molecule has 2 N–H and O–H groups in total. The zero-order chi connectivity index (χ0) is 14.8. The molecule has 0 aliphatic heterocycles. The smallest absolute Gasteiger partial charge is 0.191 e. The van der Waals surface area contributed by atoms with Crippen LogP contribution in [0.4, 0.5) is 0 Å². The number of nitrogens with zero attached hydrogens (tertiary/aromatic N) is 1. The summed E-state index contributed by atoms with van der Waals surface area (Å²) in [7, 11) is -1.40. The number of aryl methyl sites for hydroxylation is 1. The summed E-state index contributed by atoms with van der Waals surface area (Å²) in [5.41, 5.74) is 1.81. The van der Waals surface area contributed by atoms with Gasteiger partial charge in [0.25, 0.3) is 0 Å². The summed E-state index contributed by atoms with van der Waals surface area (Å²) in [5.74, 6) is 0.789. The second kappa shape index (κ2) is 5.83. The Morgan fingerprint density at radius 3 is 2.60 bits per heavy atom. The topological polar surface area (TPSA) is 70.6 Å². The Morgan fingerprint density at radius 1 is 1.40 bits per heavy atom. The van der Waals surface area contributed by atoms with Crippen molar-refractivity contribution in [3.8, 4) is 0 Å². The van der Waals surface area contributed by atoms with E-state index in [0.29, 0.717) is 17.5 Å². The summed E-state index contributed by atoms with van der Waals surface area (Å²) in [6.45, 7) is 2.44. The second-order valence-electron chi connectivity index (χ2n) is 5.22. The number of hydrogen-bond acceptors (Lipinski definition) is 3. The highest BCUT2D eigenvalue weighted by Crippen LogP contribution is 2.18. The van der Waals surface area contributed by atoms with Crippen LogP contribution in [-0.2, 0) is 16.4 Å². The molecule has 1 aliphatic carbocycles. The minimum Gasteiger partial charge on any atom is -0.354 e. The van der Waals surface area contributed by atoms with Crippen molar-refractivity contribution in [3.63, 3.8) is 0 Å². The molecular weight excluding hydrogens is 274 g/mol. The van der Waals surface area contributed by atoms with Gasteiger partial charge in [0.2, 0.25) is 0 Å². The van der Waals surface area contributed by atoms with Crippen LogP contribution in [0.3, 0.4) is 0 Å². The summed E-state index contributed by atoms with van der Waals surface area (Å²) in [6, 6.07) is 5.95. The standard InChI is InChI=1S/C14H21N3O2S/c1-10-8-11(4-7-13(10)20(3,18)19)9-16-14(15-2)17-12-5-6-12/h4,7-8,12H,5-6,9H2,1-3H3,(H2,15,16,17). The Labute approximate surface area is 120 Å². The van der Waals surface area contributed by atoms with Gasteiger partial charge in [0.05, 0.1) is 4.90 Å². The van der Waals surface area contributed by atoms with Crippen LogP contribution in [0.15, 0.2) is 28.1 Å². The van der Waals surface area contributed by atoms with Gasteiger partial charge in [-0.05, 0) is 37.0 Å². The minimum atomic E-state index is -3.15. The van der Waals surface area contributed by atoms with E-state index < -0.39 is 9.84 Å². The first-order chi connectivity index (χ1) is 9.40. The molecule has 0 saturated heterocycles. The largest absolute Gasteiger partial charge is 0.354 e. The Morgan fingerprint density at radius 2 is 2.10 bits per heavy atom. The molecule has 0 heterocycles. The van der Waals surface area contributed by atoms with Crippen LogP contribution in [-0.4, -0.2) is 33.7 Å². The van der Waals surface area contributed by atoms with Crippen molar-refractivity contribution in [2.24, 2.45) is 4.99 Å². The lowest BCUT2D eigenvalue weighted by Gasteiger charge is -2.12. The van der Waals surface area contributed by atoms with Gasteiger partial charge in [-0.15, -0.1) is 0 Å². The zero-order valence-electron chi connectivity index (χ0n) is 12.1. The molecule has 0 radical (unpaired) electrons. The molecule has 0 unspecified atom stereocenters. The van der Waals surface area contributed by atoms with Crippen LogP contribution in [0.1, 0.15) is 24.0 Å². The Kier molecular flexibility index (Phi) is 4.32. The highest BCUT2D eigenvalue weighted by Gasteiger charge is 2.22. The number of rotatable bonds is 4. The molecule has 1 fully saturated rings. The molecule has 1 aliphatic rings. The number of nitrogens with one attached hydrogen (secondary N) is 2. The molecule has 1 aromatic rings. The monoisotopic (exact) mass is 295 g/mol. The van der Waals surface area contributed by atoms with E-state index >= 15 is 0 Å². The average molecular weight is 295 g/mol. The van der Waals surface area contributed by atoms with Gasteiger partial charge in [-0.2, -0.15) is 0 Å². The lowest BCUT2D eigenvalue weighted by Crippen LogP contribution is -2.38. The van der Waals surface area contributed by atoms with Crippen LogP contribution in [0.25, 0.3) is 0 Å². The molecule has 1 aromatic carbocycles. The lowest BCUT2D eigenvalue weighted by molar-refractivity contribution is 0.601. The van der Waals surface area contributed by atoms with Crippen molar-refractivity contribution < 1.29 is 8.42 Å². The molecule has 0 spiro atoms. The maximum atomic E-state index is 11.6. The zero-order valence-corrected chi connectivity index (χ0v) is 12.9. The third kappa shape index (κ3) is 3.96. The van der Waals surface area contributed by atoms with E-state index in [0.717, 1.165) is 17.1 Å². The number of sulfone groups is 1. The highest BCUT2D eigenvalue weighted by molar-refractivity contribution is 7.90. The minimum absolute atomic E-state index is 0.390. The average Bonchev–Trinajstić information content (AvgIpc) is 3.16. The van der Waals surface area contributed by atoms with E-state index in [1.807, 2.05) is 19.1 Å².